The first kappa shape index (κ1) is 18.4. The number of carbonyl (C=O) groups is 1. The third-order valence-corrected chi connectivity index (χ3v) is 5.57. The highest BCUT2D eigenvalue weighted by Crippen LogP contribution is 2.32. The Bertz CT molecular complexity index is 685. The van der Waals surface area contributed by atoms with Crippen LogP contribution in [0.15, 0.2) is 24.5 Å². The molecule has 2 aromatic heterocycles. The minimum absolute atomic E-state index is 0.0394. The predicted molar refractivity (Wildman–Crippen MR) is 96.5 cm³/mol. The molecule has 0 saturated heterocycles. The van der Waals surface area contributed by atoms with Crippen molar-refractivity contribution < 1.29 is 9.53 Å². The maximum absolute atomic E-state index is 12.7. The van der Waals surface area contributed by atoms with E-state index in [0.29, 0.717) is 11.7 Å². The van der Waals surface area contributed by atoms with Crippen LogP contribution in [0, 0.1) is 6.92 Å². The molecule has 24 heavy (non-hydrogen) atoms. The third kappa shape index (κ3) is 4.12. The summed E-state index contributed by atoms with van der Waals surface area (Å²) < 4.78 is 5.69. The largest absolute Gasteiger partial charge is 0.479 e. The standard InChI is InChI=1S/C18H25N3O2S/c1-11(2)17-20-12(3)16(24-17)13(4)21(6)18(22)14(5)23-15-8-7-9-19-10-15/h7-11,13-14H,1-6H3/t13-,14-/m1/s1. The van der Waals surface area contributed by atoms with Crippen LogP contribution in [0.4, 0.5) is 0 Å². The highest BCUT2D eigenvalue weighted by atomic mass is 32.1. The molecular weight excluding hydrogens is 322 g/mol. The molecular formula is C18H25N3O2S. The Labute approximate surface area is 147 Å². The number of ether oxygens (including phenoxy) is 1. The number of likely N-dealkylation sites (N-methyl/N-ethyl adjacent to an activating group) is 1. The lowest BCUT2D eigenvalue weighted by molar-refractivity contribution is -0.138. The molecule has 2 aromatic rings. The van der Waals surface area contributed by atoms with E-state index in [9.17, 15) is 4.79 Å². The second-order valence-electron chi connectivity index (χ2n) is 6.23. The molecule has 0 aliphatic rings. The molecule has 0 fully saturated rings. The topological polar surface area (TPSA) is 55.3 Å². The van der Waals surface area contributed by atoms with Crippen LogP contribution in [-0.2, 0) is 4.79 Å². The molecule has 0 aliphatic carbocycles. The van der Waals surface area contributed by atoms with E-state index in [0.717, 1.165) is 15.6 Å². The number of thiazole rings is 1. The van der Waals surface area contributed by atoms with Gasteiger partial charge in [-0.05, 0) is 32.9 Å². The van der Waals surface area contributed by atoms with Crippen molar-refractivity contribution in [2.45, 2.75) is 52.7 Å². The number of aryl methyl sites for hydroxylation is 1. The fourth-order valence-corrected chi connectivity index (χ4v) is 3.55. The molecule has 0 radical (unpaired) electrons. The number of pyridine rings is 1. The molecule has 0 spiro atoms. The van der Waals surface area contributed by atoms with Crippen LogP contribution in [0.25, 0.3) is 0 Å². The first-order valence-corrected chi connectivity index (χ1v) is 8.93. The molecule has 1 amide bonds. The second kappa shape index (κ2) is 7.75. The van der Waals surface area contributed by atoms with Crippen molar-refractivity contribution in [1.29, 1.82) is 0 Å². The van der Waals surface area contributed by atoms with E-state index in [1.807, 2.05) is 20.9 Å². The lowest BCUT2D eigenvalue weighted by atomic mass is 10.2. The van der Waals surface area contributed by atoms with Gasteiger partial charge in [-0.25, -0.2) is 4.98 Å². The van der Waals surface area contributed by atoms with E-state index < -0.39 is 6.10 Å². The van der Waals surface area contributed by atoms with Gasteiger partial charge in [0.2, 0.25) is 0 Å². The van der Waals surface area contributed by atoms with Crippen LogP contribution in [0.3, 0.4) is 0 Å². The smallest absolute Gasteiger partial charge is 0.263 e. The van der Waals surface area contributed by atoms with Crippen molar-refractivity contribution in [3.63, 3.8) is 0 Å². The van der Waals surface area contributed by atoms with E-state index >= 15 is 0 Å². The zero-order valence-electron chi connectivity index (χ0n) is 15.1. The zero-order valence-corrected chi connectivity index (χ0v) is 15.9. The molecule has 0 bridgehead atoms. The maximum atomic E-state index is 12.7. The van der Waals surface area contributed by atoms with Gasteiger partial charge in [0.05, 0.1) is 22.9 Å². The summed E-state index contributed by atoms with van der Waals surface area (Å²) in [5.41, 5.74) is 0.997. The van der Waals surface area contributed by atoms with Crippen LogP contribution < -0.4 is 4.74 Å². The summed E-state index contributed by atoms with van der Waals surface area (Å²) in [7, 11) is 1.81. The quantitative estimate of drug-likeness (QED) is 0.794. The van der Waals surface area contributed by atoms with Gasteiger partial charge in [-0.15, -0.1) is 11.3 Å². The number of amides is 1. The summed E-state index contributed by atoms with van der Waals surface area (Å²) in [4.78, 5) is 24.2. The summed E-state index contributed by atoms with van der Waals surface area (Å²) >= 11 is 1.68. The van der Waals surface area contributed by atoms with Crippen LogP contribution in [0.5, 0.6) is 5.75 Å². The van der Waals surface area contributed by atoms with Crippen LogP contribution in [-0.4, -0.2) is 33.9 Å². The van der Waals surface area contributed by atoms with E-state index in [-0.39, 0.29) is 11.9 Å². The maximum Gasteiger partial charge on any atom is 0.263 e. The number of aromatic nitrogens is 2. The Morgan fingerprint density at radius 3 is 2.54 bits per heavy atom. The van der Waals surface area contributed by atoms with Crippen molar-refractivity contribution in [3.8, 4) is 5.75 Å². The molecule has 0 aliphatic heterocycles. The minimum atomic E-state index is -0.570. The Morgan fingerprint density at radius 2 is 2.00 bits per heavy atom. The zero-order chi connectivity index (χ0) is 17.9. The van der Waals surface area contributed by atoms with Crippen molar-refractivity contribution in [2.24, 2.45) is 0 Å². The molecule has 0 aromatic carbocycles. The monoisotopic (exact) mass is 347 g/mol. The van der Waals surface area contributed by atoms with Crippen molar-refractivity contribution in [2.75, 3.05) is 7.05 Å². The molecule has 2 rings (SSSR count). The SMILES string of the molecule is Cc1nc(C(C)C)sc1[C@@H](C)N(C)C(=O)[C@@H](C)Oc1cccnc1. The average molecular weight is 347 g/mol. The van der Waals surface area contributed by atoms with E-state index in [2.05, 4.69) is 23.8 Å². The lowest BCUT2D eigenvalue weighted by Crippen LogP contribution is -2.39. The van der Waals surface area contributed by atoms with Gasteiger partial charge >= 0.3 is 0 Å². The van der Waals surface area contributed by atoms with Crippen LogP contribution in [0.1, 0.15) is 55.2 Å². The number of nitrogens with zero attached hydrogens (tertiary/aromatic N) is 3. The summed E-state index contributed by atoms with van der Waals surface area (Å²) in [6.07, 6.45) is 2.71. The highest BCUT2D eigenvalue weighted by molar-refractivity contribution is 7.11. The molecule has 130 valence electrons. The first-order valence-electron chi connectivity index (χ1n) is 8.11. The Kier molecular flexibility index (Phi) is 5.94. The fraction of sp³-hybridized carbons (Fsp3) is 0.500. The fourth-order valence-electron chi connectivity index (χ4n) is 2.39. The Hall–Kier alpha value is -1.95. The van der Waals surface area contributed by atoms with Gasteiger partial charge in [-0.1, -0.05) is 13.8 Å². The molecule has 5 nitrogen and oxygen atoms in total. The molecule has 0 unspecified atom stereocenters. The average Bonchev–Trinajstić information content (AvgIpc) is 2.95. The normalized spacial score (nSPS) is 13.6. The number of hydrogen-bond donors (Lipinski definition) is 0. The van der Waals surface area contributed by atoms with E-state index in [4.69, 9.17) is 4.74 Å². The summed E-state index contributed by atoms with van der Waals surface area (Å²) in [5, 5.41) is 1.11. The second-order valence-corrected chi connectivity index (χ2v) is 7.29. The van der Waals surface area contributed by atoms with Crippen molar-refractivity contribution in [1.82, 2.24) is 14.9 Å². The first-order chi connectivity index (χ1) is 11.3. The molecule has 0 saturated carbocycles. The summed E-state index contributed by atoms with van der Waals surface area (Å²) in [6, 6.07) is 3.54. The molecule has 6 heteroatoms. The number of carbonyl (C=O) groups excluding carboxylic acids is 1. The lowest BCUT2D eigenvalue weighted by Gasteiger charge is -2.27. The van der Waals surface area contributed by atoms with Gasteiger partial charge in [0.1, 0.15) is 5.75 Å². The molecule has 2 atom stereocenters. The Morgan fingerprint density at radius 1 is 1.29 bits per heavy atom. The van der Waals surface area contributed by atoms with Crippen molar-refractivity contribution >= 4 is 17.2 Å². The Balaban J connectivity index is 2.09. The van der Waals surface area contributed by atoms with Crippen LogP contribution in [0.2, 0.25) is 0 Å². The van der Waals surface area contributed by atoms with E-state index in [1.165, 1.54) is 0 Å². The van der Waals surface area contributed by atoms with Gasteiger partial charge in [-0.2, -0.15) is 0 Å². The third-order valence-electron chi connectivity index (χ3n) is 3.95. The van der Waals surface area contributed by atoms with Crippen LogP contribution >= 0.6 is 11.3 Å². The summed E-state index contributed by atoms with van der Waals surface area (Å²) in [5.74, 6) is 0.921. The number of hydrogen-bond acceptors (Lipinski definition) is 5. The van der Waals surface area contributed by atoms with Gasteiger partial charge < -0.3 is 9.64 Å². The van der Waals surface area contributed by atoms with Crippen molar-refractivity contribution in [3.05, 3.63) is 40.1 Å². The minimum Gasteiger partial charge on any atom is -0.479 e. The van der Waals surface area contributed by atoms with Gasteiger partial charge in [-0.3, -0.25) is 9.78 Å². The van der Waals surface area contributed by atoms with Gasteiger partial charge in [0.15, 0.2) is 6.10 Å². The molecule has 0 N–H and O–H groups in total. The predicted octanol–water partition coefficient (Wildman–Crippen LogP) is 3.96. The van der Waals surface area contributed by atoms with E-state index in [1.54, 1.807) is 47.7 Å². The molecule has 2 heterocycles. The number of rotatable bonds is 6. The van der Waals surface area contributed by atoms with Gasteiger partial charge in [0, 0.05) is 24.0 Å². The van der Waals surface area contributed by atoms with Gasteiger partial charge in [0.25, 0.3) is 5.91 Å². The highest BCUT2D eigenvalue weighted by Gasteiger charge is 2.26. The summed E-state index contributed by atoms with van der Waals surface area (Å²) in [6.45, 7) is 10.1.